The van der Waals surface area contributed by atoms with Crippen LogP contribution >= 0.6 is 0 Å². The Bertz CT molecular complexity index is 420. The predicted octanol–water partition coefficient (Wildman–Crippen LogP) is -1.17. The van der Waals surface area contributed by atoms with Crippen molar-refractivity contribution in [2.75, 3.05) is 0 Å². The van der Waals surface area contributed by atoms with Crippen molar-refractivity contribution in [1.82, 2.24) is 9.78 Å². The van der Waals surface area contributed by atoms with Crippen LogP contribution in [-0.2, 0) is 23.6 Å². The van der Waals surface area contributed by atoms with Crippen molar-refractivity contribution in [3.05, 3.63) is 11.4 Å². The van der Waals surface area contributed by atoms with Gasteiger partial charge in [0.25, 0.3) is 0 Å². The van der Waals surface area contributed by atoms with E-state index in [9.17, 15) is 8.42 Å². The number of hydrogen-bond donors (Lipinski definition) is 2. The van der Waals surface area contributed by atoms with Crippen molar-refractivity contribution < 1.29 is 8.42 Å². The van der Waals surface area contributed by atoms with Gasteiger partial charge in [0, 0.05) is 13.6 Å². The lowest BCUT2D eigenvalue weighted by atomic mass is 10.4. The van der Waals surface area contributed by atoms with Crippen molar-refractivity contribution in [3.8, 4) is 0 Å². The molecular weight excluding hydrogens is 192 g/mol. The molecular formula is C6H12N4O2S. The molecule has 4 N–H and O–H groups in total. The van der Waals surface area contributed by atoms with Gasteiger partial charge in [0.2, 0.25) is 10.0 Å². The first-order valence-corrected chi connectivity index (χ1v) is 5.18. The summed E-state index contributed by atoms with van der Waals surface area (Å²) >= 11 is 0. The van der Waals surface area contributed by atoms with Gasteiger partial charge in [-0.15, -0.1) is 0 Å². The molecule has 0 radical (unpaired) electrons. The minimum Gasteiger partial charge on any atom is -0.325 e. The number of nitrogens with two attached hydrogens (primary N) is 2. The highest BCUT2D eigenvalue weighted by Crippen LogP contribution is 2.16. The van der Waals surface area contributed by atoms with Gasteiger partial charge in [0.05, 0.1) is 11.4 Å². The number of aromatic nitrogens is 2. The smallest absolute Gasteiger partial charge is 0.241 e. The van der Waals surface area contributed by atoms with Crippen molar-refractivity contribution in [3.63, 3.8) is 0 Å². The third-order valence-electron chi connectivity index (χ3n) is 1.76. The quantitative estimate of drug-likeness (QED) is 0.633. The Morgan fingerprint density at radius 3 is 2.38 bits per heavy atom. The average molecular weight is 204 g/mol. The zero-order valence-corrected chi connectivity index (χ0v) is 8.30. The summed E-state index contributed by atoms with van der Waals surface area (Å²) in [5.74, 6) is 0. The summed E-state index contributed by atoms with van der Waals surface area (Å²) in [7, 11) is -2.09. The highest BCUT2D eigenvalue weighted by molar-refractivity contribution is 7.89. The maximum atomic E-state index is 11.1. The Morgan fingerprint density at radius 1 is 1.54 bits per heavy atom. The van der Waals surface area contributed by atoms with Crippen molar-refractivity contribution in [2.24, 2.45) is 17.9 Å². The molecule has 6 nitrogen and oxygen atoms in total. The minimum absolute atomic E-state index is 0.0394. The summed E-state index contributed by atoms with van der Waals surface area (Å²) in [6.07, 6.45) is 0. The van der Waals surface area contributed by atoms with Crippen molar-refractivity contribution >= 4 is 10.0 Å². The molecule has 0 aliphatic carbocycles. The molecule has 7 heteroatoms. The normalized spacial score (nSPS) is 12.0. The van der Waals surface area contributed by atoms with E-state index in [1.807, 2.05) is 0 Å². The second-order valence-electron chi connectivity index (χ2n) is 2.73. The lowest BCUT2D eigenvalue weighted by molar-refractivity contribution is 0.595. The van der Waals surface area contributed by atoms with E-state index in [0.717, 1.165) is 0 Å². The molecule has 0 unspecified atom stereocenters. The summed E-state index contributed by atoms with van der Waals surface area (Å²) in [5.41, 5.74) is 6.19. The first kappa shape index (κ1) is 10.2. The van der Waals surface area contributed by atoms with Gasteiger partial charge >= 0.3 is 0 Å². The summed E-state index contributed by atoms with van der Waals surface area (Å²) < 4.78 is 23.7. The molecule has 0 fully saturated rings. The first-order valence-electron chi connectivity index (χ1n) is 3.63. The molecule has 0 saturated carbocycles. The fraction of sp³-hybridized carbons (Fsp3) is 0.500. The molecule has 0 aromatic carbocycles. The van der Waals surface area contributed by atoms with Gasteiger partial charge < -0.3 is 5.73 Å². The fourth-order valence-corrected chi connectivity index (χ4v) is 2.28. The van der Waals surface area contributed by atoms with E-state index in [0.29, 0.717) is 11.4 Å². The number of nitrogens with zero attached hydrogens (tertiary/aromatic N) is 2. The van der Waals surface area contributed by atoms with Crippen LogP contribution in [-0.4, -0.2) is 18.2 Å². The average Bonchev–Trinajstić information content (AvgIpc) is 2.23. The Hall–Kier alpha value is -0.920. The molecule has 0 saturated heterocycles. The van der Waals surface area contributed by atoms with E-state index in [2.05, 4.69) is 5.10 Å². The van der Waals surface area contributed by atoms with E-state index >= 15 is 0 Å². The fourth-order valence-electron chi connectivity index (χ4n) is 1.28. The van der Waals surface area contributed by atoms with Crippen LogP contribution < -0.4 is 10.9 Å². The van der Waals surface area contributed by atoms with Gasteiger partial charge in [0.15, 0.2) is 0 Å². The third-order valence-corrected chi connectivity index (χ3v) is 2.86. The standard InChI is InChI=1S/C6H12N4O2S/c1-4-6(13(8,11)12)5(3-7)10(2)9-4/h3,7H2,1-2H3,(H2,8,11,12). The Kier molecular flexibility index (Phi) is 2.42. The Balaban J connectivity index is 3.52. The third kappa shape index (κ3) is 1.71. The molecule has 0 aliphatic heterocycles. The molecule has 74 valence electrons. The first-order chi connectivity index (χ1) is 5.88. The zero-order chi connectivity index (χ0) is 10.2. The summed E-state index contributed by atoms with van der Waals surface area (Å²) in [5, 5.41) is 8.94. The van der Waals surface area contributed by atoms with Gasteiger partial charge in [-0.1, -0.05) is 0 Å². The van der Waals surface area contributed by atoms with Gasteiger partial charge in [-0.25, -0.2) is 13.6 Å². The van der Waals surface area contributed by atoms with Crippen LogP contribution in [0.1, 0.15) is 11.4 Å². The lowest BCUT2D eigenvalue weighted by Gasteiger charge is -2.00. The predicted molar refractivity (Wildman–Crippen MR) is 47.2 cm³/mol. The minimum atomic E-state index is -3.72. The lowest BCUT2D eigenvalue weighted by Crippen LogP contribution is -2.17. The van der Waals surface area contributed by atoms with E-state index in [1.54, 1.807) is 14.0 Å². The molecule has 1 aromatic rings. The monoisotopic (exact) mass is 204 g/mol. The van der Waals surface area contributed by atoms with Crippen LogP contribution in [0.4, 0.5) is 0 Å². The Morgan fingerprint density at radius 2 is 2.08 bits per heavy atom. The van der Waals surface area contributed by atoms with Gasteiger partial charge in [-0.2, -0.15) is 5.10 Å². The number of primary sulfonamides is 1. The van der Waals surface area contributed by atoms with Crippen LogP contribution in [0.2, 0.25) is 0 Å². The van der Waals surface area contributed by atoms with Crippen molar-refractivity contribution in [2.45, 2.75) is 18.4 Å². The topological polar surface area (TPSA) is 104 Å². The van der Waals surface area contributed by atoms with Gasteiger partial charge in [-0.05, 0) is 6.92 Å². The maximum absolute atomic E-state index is 11.1. The van der Waals surface area contributed by atoms with Crippen molar-refractivity contribution in [1.29, 1.82) is 0 Å². The SMILES string of the molecule is Cc1nn(C)c(CN)c1S(N)(=O)=O. The molecule has 1 rings (SSSR count). The van der Waals surface area contributed by atoms with Gasteiger partial charge in [0.1, 0.15) is 4.90 Å². The second-order valence-corrected chi connectivity index (χ2v) is 4.23. The van der Waals surface area contributed by atoms with Crippen LogP contribution in [0.15, 0.2) is 4.90 Å². The van der Waals surface area contributed by atoms with E-state index < -0.39 is 10.0 Å². The Labute approximate surface area is 76.6 Å². The molecule has 0 spiro atoms. The molecule has 0 atom stereocenters. The summed E-state index contributed by atoms with van der Waals surface area (Å²) in [4.78, 5) is 0.0394. The number of rotatable bonds is 2. The van der Waals surface area contributed by atoms with E-state index in [1.165, 1.54) is 4.68 Å². The molecule has 13 heavy (non-hydrogen) atoms. The molecule has 1 aromatic heterocycles. The molecule has 1 heterocycles. The highest BCUT2D eigenvalue weighted by Gasteiger charge is 2.21. The zero-order valence-electron chi connectivity index (χ0n) is 7.48. The van der Waals surface area contributed by atoms with Crippen LogP contribution in [0.3, 0.4) is 0 Å². The molecule has 0 bridgehead atoms. The van der Waals surface area contributed by atoms with Crippen LogP contribution in [0.25, 0.3) is 0 Å². The summed E-state index contributed by atoms with van der Waals surface area (Å²) in [6, 6.07) is 0. The van der Waals surface area contributed by atoms with Gasteiger partial charge in [-0.3, -0.25) is 4.68 Å². The molecule has 0 aliphatic rings. The molecule has 0 amide bonds. The summed E-state index contributed by atoms with van der Waals surface area (Å²) in [6.45, 7) is 1.68. The number of aryl methyl sites for hydroxylation is 2. The van der Waals surface area contributed by atoms with E-state index in [-0.39, 0.29) is 11.4 Å². The number of hydrogen-bond acceptors (Lipinski definition) is 4. The van der Waals surface area contributed by atoms with E-state index in [4.69, 9.17) is 10.9 Å². The highest BCUT2D eigenvalue weighted by atomic mass is 32.2. The largest absolute Gasteiger partial charge is 0.325 e. The van der Waals surface area contributed by atoms with Crippen LogP contribution in [0.5, 0.6) is 0 Å². The second kappa shape index (κ2) is 3.09. The van der Waals surface area contributed by atoms with Crippen LogP contribution in [0, 0.1) is 6.92 Å². The number of sulfonamides is 1. The maximum Gasteiger partial charge on any atom is 0.241 e.